The molecule has 0 bridgehead atoms. The summed E-state index contributed by atoms with van der Waals surface area (Å²) in [6.45, 7) is 6.59. The summed E-state index contributed by atoms with van der Waals surface area (Å²) in [7, 11) is 0. The zero-order valence-electron chi connectivity index (χ0n) is 11.4. The average Bonchev–Trinajstić information content (AvgIpc) is 2.80. The first-order valence-corrected chi connectivity index (χ1v) is 6.84. The third kappa shape index (κ3) is 2.05. The molecule has 19 heavy (non-hydrogen) atoms. The predicted molar refractivity (Wildman–Crippen MR) is 72.7 cm³/mol. The summed E-state index contributed by atoms with van der Waals surface area (Å²) >= 11 is 0. The van der Waals surface area contributed by atoms with Gasteiger partial charge >= 0.3 is 0 Å². The minimum Gasteiger partial charge on any atom is -0.386 e. The molecule has 1 aromatic rings. The van der Waals surface area contributed by atoms with Crippen molar-refractivity contribution in [1.29, 1.82) is 0 Å². The van der Waals surface area contributed by atoms with Crippen molar-refractivity contribution in [2.75, 3.05) is 13.1 Å². The Bertz CT molecular complexity index is 519. The van der Waals surface area contributed by atoms with Crippen LogP contribution in [0, 0.1) is 5.92 Å². The summed E-state index contributed by atoms with van der Waals surface area (Å²) in [6, 6.07) is 5.89. The van der Waals surface area contributed by atoms with Crippen LogP contribution in [0.2, 0.25) is 0 Å². The van der Waals surface area contributed by atoms with Crippen molar-refractivity contribution in [1.82, 2.24) is 10.2 Å². The molecule has 102 valence electrons. The lowest BCUT2D eigenvalue weighted by molar-refractivity contribution is -0.110. The molecular weight excluding hydrogens is 240 g/mol. The van der Waals surface area contributed by atoms with E-state index in [0.717, 1.165) is 18.7 Å². The van der Waals surface area contributed by atoms with E-state index in [4.69, 9.17) is 0 Å². The number of hydrogen-bond acceptors (Lipinski definition) is 3. The molecule has 0 aromatic heterocycles. The van der Waals surface area contributed by atoms with Crippen molar-refractivity contribution in [3.05, 3.63) is 34.9 Å². The number of aliphatic hydroxyl groups is 1. The molecule has 0 saturated carbocycles. The fourth-order valence-corrected chi connectivity index (χ4v) is 2.73. The van der Waals surface area contributed by atoms with Gasteiger partial charge in [0.15, 0.2) is 0 Å². The number of fused-ring (bicyclic) bond motifs is 1. The number of carbonyl (C=O) groups is 1. The molecule has 2 heterocycles. The van der Waals surface area contributed by atoms with Gasteiger partial charge in [0.2, 0.25) is 0 Å². The number of likely N-dealkylation sites (tertiary alicyclic amines) is 1. The van der Waals surface area contributed by atoms with Gasteiger partial charge in [0.25, 0.3) is 5.91 Å². The molecule has 1 fully saturated rings. The zero-order chi connectivity index (χ0) is 13.6. The summed E-state index contributed by atoms with van der Waals surface area (Å²) in [4.78, 5) is 14.1. The maximum Gasteiger partial charge on any atom is 0.254 e. The molecule has 3 rings (SSSR count). The molecule has 2 aliphatic rings. The number of rotatable bonds is 2. The second-order valence-electron chi connectivity index (χ2n) is 6.01. The molecular formula is C15H20N2O2. The highest BCUT2D eigenvalue weighted by atomic mass is 16.3. The topological polar surface area (TPSA) is 52.6 Å². The van der Waals surface area contributed by atoms with Crippen LogP contribution in [-0.4, -0.2) is 34.6 Å². The van der Waals surface area contributed by atoms with Crippen LogP contribution in [-0.2, 0) is 13.1 Å². The molecule has 1 saturated heterocycles. The van der Waals surface area contributed by atoms with Crippen LogP contribution in [0.25, 0.3) is 0 Å². The van der Waals surface area contributed by atoms with Gasteiger partial charge in [-0.25, -0.2) is 0 Å². The smallest absolute Gasteiger partial charge is 0.254 e. The minimum absolute atomic E-state index is 0.0278. The van der Waals surface area contributed by atoms with Crippen LogP contribution in [0.4, 0.5) is 0 Å². The monoisotopic (exact) mass is 260 g/mol. The molecule has 0 spiro atoms. The Morgan fingerprint density at radius 2 is 2.00 bits per heavy atom. The first-order chi connectivity index (χ1) is 8.99. The number of carbonyl (C=O) groups excluding carboxylic acids is 1. The Hall–Kier alpha value is -1.39. The van der Waals surface area contributed by atoms with Crippen LogP contribution >= 0.6 is 0 Å². The Morgan fingerprint density at radius 3 is 2.68 bits per heavy atom. The highest BCUT2D eigenvalue weighted by Gasteiger charge is 2.45. The lowest BCUT2D eigenvalue weighted by Crippen LogP contribution is -2.65. The van der Waals surface area contributed by atoms with Gasteiger partial charge in [0.1, 0.15) is 5.60 Å². The first-order valence-electron chi connectivity index (χ1n) is 6.84. The summed E-state index contributed by atoms with van der Waals surface area (Å²) in [5, 5.41) is 13.5. The largest absolute Gasteiger partial charge is 0.386 e. The number of nitrogens with one attached hydrogen (secondary N) is 1. The van der Waals surface area contributed by atoms with Crippen molar-refractivity contribution in [3.8, 4) is 0 Å². The van der Waals surface area contributed by atoms with Crippen molar-refractivity contribution < 1.29 is 9.90 Å². The molecule has 0 atom stereocenters. The predicted octanol–water partition coefficient (Wildman–Crippen LogP) is 1.13. The molecule has 4 heteroatoms. The summed E-state index contributed by atoms with van der Waals surface area (Å²) in [5.74, 6) is 0.209. The van der Waals surface area contributed by atoms with E-state index in [-0.39, 0.29) is 11.8 Å². The molecule has 2 aliphatic heterocycles. The fourth-order valence-electron chi connectivity index (χ4n) is 2.73. The quantitative estimate of drug-likeness (QED) is 0.838. The molecule has 0 unspecified atom stereocenters. The van der Waals surface area contributed by atoms with Gasteiger partial charge in [0.05, 0.1) is 13.1 Å². The first kappa shape index (κ1) is 12.6. The minimum atomic E-state index is -0.700. The third-order valence-electron chi connectivity index (χ3n) is 4.38. The Labute approximate surface area is 113 Å². The normalized spacial score (nSPS) is 20.3. The highest BCUT2D eigenvalue weighted by Crippen LogP contribution is 2.30. The standard InChI is InChI=1S/C15H20N2O2/c1-10(2)15(19)8-17(9-15)14(18)11-3-4-12-6-16-7-13(12)5-11/h3-5,10,16,19H,6-9H2,1-2H3. The van der Waals surface area contributed by atoms with Gasteiger partial charge in [-0.3, -0.25) is 4.79 Å². The van der Waals surface area contributed by atoms with Crippen LogP contribution in [0.1, 0.15) is 35.3 Å². The lowest BCUT2D eigenvalue weighted by atomic mass is 9.82. The van der Waals surface area contributed by atoms with E-state index in [0.29, 0.717) is 13.1 Å². The second kappa shape index (κ2) is 4.32. The van der Waals surface area contributed by atoms with E-state index in [1.165, 1.54) is 11.1 Å². The van der Waals surface area contributed by atoms with E-state index >= 15 is 0 Å². The van der Waals surface area contributed by atoms with Gasteiger partial charge in [-0.1, -0.05) is 19.9 Å². The van der Waals surface area contributed by atoms with Crippen molar-refractivity contribution >= 4 is 5.91 Å². The van der Waals surface area contributed by atoms with Gasteiger partial charge in [-0.2, -0.15) is 0 Å². The Kier molecular flexibility index (Phi) is 2.87. The van der Waals surface area contributed by atoms with Crippen molar-refractivity contribution in [2.45, 2.75) is 32.5 Å². The zero-order valence-corrected chi connectivity index (χ0v) is 11.4. The van der Waals surface area contributed by atoms with Gasteiger partial charge in [-0.05, 0) is 29.2 Å². The van der Waals surface area contributed by atoms with Crippen LogP contribution < -0.4 is 5.32 Å². The lowest BCUT2D eigenvalue weighted by Gasteiger charge is -2.49. The molecule has 4 nitrogen and oxygen atoms in total. The van der Waals surface area contributed by atoms with Crippen molar-refractivity contribution in [3.63, 3.8) is 0 Å². The fraction of sp³-hybridized carbons (Fsp3) is 0.533. The van der Waals surface area contributed by atoms with E-state index in [2.05, 4.69) is 5.32 Å². The van der Waals surface area contributed by atoms with Crippen LogP contribution in [0.15, 0.2) is 18.2 Å². The van der Waals surface area contributed by atoms with Gasteiger partial charge in [-0.15, -0.1) is 0 Å². The SMILES string of the molecule is CC(C)C1(O)CN(C(=O)c2ccc3c(c2)CNC3)C1. The number of benzene rings is 1. The highest BCUT2D eigenvalue weighted by molar-refractivity contribution is 5.95. The number of hydrogen-bond donors (Lipinski definition) is 2. The van der Waals surface area contributed by atoms with E-state index < -0.39 is 5.60 Å². The molecule has 1 amide bonds. The second-order valence-corrected chi connectivity index (χ2v) is 6.01. The summed E-state index contributed by atoms with van der Waals surface area (Å²) < 4.78 is 0. The van der Waals surface area contributed by atoms with E-state index in [9.17, 15) is 9.90 Å². The molecule has 0 aliphatic carbocycles. The van der Waals surface area contributed by atoms with Crippen molar-refractivity contribution in [2.24, 2.45) is 5.92 Å². The average molecular weight is 260 g/mol. The third-order valence-corrected chi connectivity index (χ3v) is 4.38. The van der Waals surface area contributed by atoms with Crippen LogP contribution in [0.5, 0.6) is 0 Å². The Balaban J connectivity index is 1.72. The maximum atomic E-state index is 12.3. The molecule has 0 radical (unpaired) electrons. The number of amides is 1. The van der Waals surface area contributed by atoms with E-state index in [1.807, 2.05) is 32.0 Å². The van der Waals surface area contributed by atoms with E-state index in [1.54, 1.807) is 4.90 Å². The summed E-state index contributed by atoms with van der Waals surface area (Å²) in [5.41, 5.74) is 2.52. The van der Waals surface area contributed by atoms with Crippen LogP contribution in [0.3, 0.4) is 0 Å². The number of β-amino-alcohol motifs (C(OH)–C–C–N with tert-alkyl or cyclic N) is 1. The molecule has 2 N–H and O–H groups in total. The summed E-state index contributed by atoms with van der Waals surface area (Å²) in [6.07, 6.45) is 0. The molecule has 1 aromatic carbocycles. The van der Waals surface area contributed by atoms with Gasteiger partial charge < -0.3 is 15.3 Å². The number of nitrogens with zero attached hydrogens (tertiary/aromatic N) is 1. The maximum absolute atomic E-state index is 12.3. The van der Waals surface area contributed by atoms with Gasteiger partial charge in [0, 0.05) is 18.7 Å². The Morgan fingerprint density at radius 1 is 1.32 bits per heavy atom.